The molecule has 5 heteroatoms. The molecule has 1 N–H and O–H groups in total. The molecule has 2 unspecified atom stereocenters. The minimum Gasteiger partial charge on any atom is -0.507 e. The molecule has 3 rings (SSSR count). The number of carbonyl (C=O) groups excluding carboxylic acids is 1. The van der Waals surface area contributed by atoms with Gasteiger partial charge in [0.25, 0.3) is 0 Å². The van der Waals surface area contributed by atoms with Crippen molar-refractivity contribution >= 4 is 5.97 Å². The van der Waals surface area contributed by atoms with Crippen molar-refractivity contribution in [2.75, 3.05) is 13.7 Å². The zero-order valence-electron chi connectivity index (χ0n) is 13.6. The fraction of sp³-hybridized carbons (Fsp3) is 0.588. The Balaban J connectivity index is 2.16. The largest absolute Gasteiger partial charge is 0.507 e. The number of phenols is 1. The zero-order chi connectivity index (χ0) is 16.2. The van der Waals surface area contributed by atoms with Crippen LogP contribution < -0.4 is 4.74 Å². The quantitative estimate of drug-likeness (QED) is 0.670. The van der Waals surface area contributed by atoms with Crippen molar-refractivity contribution in [2.45, 2.75) is 45.8 Å². The lowest BCUT2D eigenvalue weighted by Gasteiger charge is -2.41. The zero-order valence-corrected chi connectivity index (χ0v) is 13.6. The highest BCUT2D eigenvalue weighted by molar-refractivity contribution is 5.81. The van der Waals surface area contributed by atoms with E-state index in [0.29, 0.717) is 24.5 Å². The fourth-order valence-corrected chi connectivity index (χ4v) is 3.42. The molecule has 0 radical (unpaired) electrons. The molecule has 1 aromatic carbocycles. The van der Waals surface area contributed by atoms with Gasteiger partial charge in [-0.25, -0.2) is 4.79 Å². The van der Waals surface area contributed by atoms with E-state index in [9.17, 15) is 9.90 Å². The summed E-state index contributed by atoms with van der Waals surface area (Å²) in [6.45, 7) is 8.04. The summed E-state index contributed by atoms with van der Waals surface area (Å²) in [5.41, 5.74) is 2.36. The SMILES string of the molecule is COC(=O)C1(C)Oc2c(C)c(C)c(O)c(C)c2CC1[C@H]1CO1. The Kier molecular flexibility index (Phi) is 3.36. The van der Waals surface area contributed by atoms with Gasteiger partial charge < -0.3 is 19.3 Å². The summed E-state index contributed by atoms with van der Waals surface area (Å²) in [7, 11) is 1.37. The van der Waals surface area contributed by atoms with Crippen molar-refractivity contribution in [3.05, 3.63) is 22.3 Å². The minimum absolute atomic E-state index is 0.000372. The number of carbonyl (C=O) groups is 1. The molecule has 120 valence electrons. The monoisotopic (exact) mass is 306 g/mol. The summed E-state index contributed by atoms with van der Waals surface area (Å²) in [5.74, 6) is 0.490. The Morgan fingerprint density at radius 1 is 1.27 bits per heavy atom. The Labute approximate surface area is 130 Å². The van der Waals surface area contributed by atoms with Crippen LogP contribution >= 0.6 is 0 Å². The molecule has 0 spiro atoms. The summed E-state index contributed by atoms with van der Waals surface area (Å²) >= 11 is 0. The lowest BCUT2D eigenvalue weighted by molar-refractivity contribution is -0.165. The molecule has 0 bridgehead atoms. The van der Waals surface area contributed by atoms with E-state index >= 15 is 0 Å². The molecule has 0 amide bonds. The molecule has 2 aliphatic heterocycles. The first kappa shape index (κ1) is 15.2. The van der Waals surface area contributed by atoms with Crippen LogP contribution in [0.2, 0.25) is 0 Å². The van der Waals surface area contributed by atoms with E-state index in [4.69, 9.17) is 14.2 Å². The van der Waals surface area contributed by atoms with E-state index in [2.05, 4.69) is 0 Å². The predicted octanol–water partition coefficient (Wildman–Crippen LogP) is 2.20. The molecule has 22 heavy (non-hydrogen) atoms. The van der Waals surface area contributed by atoms with Crippen LogP contribution in [0.3, 0.4) is 0 Å². The molecule has 1 saturated heterocycles. The maximum absolute atomic E-state index is 12.3. The third-order valence-electron chi connectivity index (χ3n) is 5.18. The van der Waals surface area contributed by atoms with Gasteiger partial charge in [-0.15, -0.1) is 0 Å². The molecule has 3 atom stereocenters. The second-order valence-corrected chi connectivity index (χ2v) is 6.41. The summed E-state index contributed by atoms with van der Waals surface area (Å²) in [5, 5.41) is 10.3. The number of methoxy groups -OCH3 is 1. The second kappa shape index (κ2) is 4.88. The Morgan fingerprint density at radius 2 is 1.91 bits per heavy atom. The van der Waals surface area contributed by atoms with Crippen LogP contribution in [0.1, 0.15) is 29.2 Å². The van der Waals surface area contributed by atoms with Gasteiger partial charge in [-0.1, -0.05) is 0 Å². The number of phenolic OH excluding ortho intramolecular Hbond substituents is 1. The number of hydrogen-bond donors (Lipinski definition) is 1. The van der Waals surface area contributed by atoms with Crippen molar-refractivity contribution in [3.8, 4) is 11.5 Å². The van der Waals surface area contributed by atoms with Gasteiger partial charge >= 0.3 is 5.97 Å². The molecular formula is C17H22O5. The number of rotatable bonds is 2. The number of epoxide rings is 1. The predicted molar refractivity (Wildman–Crippen MR) is 80.3 cm³/mol. The third-order valence-corrected chi connectivity index (χ3v) is 5.18. The first-order valence-corrected chi connectivity index (χ1v) is 7.51. The number of aromatic hydroxyl groups is 1. The summed E-state index contributed by atoms with van der Waals surface area (Å²) in [6.07, 6.45) is 0.631. The molecule has 2 aliphatic rings. The van der Waals surface area contributed by atoms with Gasteiger partial charge in [0, 0.05) is 11.5 Å². The van der Waals surface area contributed by atoms with Crippen molar-refractivity contribution in [1.29, 1.82) is 0 Å². The maximum Gasteiger partial charge on any atom is 0.350 e. The molecule has 5 nitrogen and oxygen atoms in total. The minimum atomic E-state index is -1.07. The third kappa shape index (κ3) is 1.99. The topological polar surface area (TPSA) is 68.3 Å². The maximum atomic E-state index is 12.3. The molecule has 0 aromatic heterocycles. The van der Waals surface area contributed by atoms with Gasteiger partial charge in [-0.05, 0) is 50.8 Å². The van der Waals surface area contributed by atoms with Gasteiger partial charge in [0.2, 0.25) is 5.60 Å². The molecule has 0 aliphatic carbocycles. The average Bonchev–Trinajstić information content (AvgIpc) is 3.34. The van der Waals surface area contributed by atoms with Crippen molar-refractivity contribution in [1.82, 2.24) is 0 Å². The number of benzene rings is 1. The van der Waals surface area contributed by atoms with E-state index in [1.165, 1.54) is 7.11 Å². The van der Waals surface area contributed by atoms with Crippen LogP contribution in [-0.4, -0.2) is 36.5 Å². The van der Waals surface area contributed by atoms with Gasteiger partial charge in [0.1, 0.15) is 11.5 Å². The Bertz CT molecular complexity index is 647. The standard InChI is InChI=1S/C17H22O5/c1-8-9(2)15-11(10(3)14(8)18)6-12(13-7-21-13)17(4,22-15)16(19)20-5/h12-13,18H,6-7H2,1-5H3/t12?,13-,17?/m1/s1. The summed E-state index contributed by atoms with van der Waals surface area (Å²) < 4.78 is 16.6. The smallest absolute Gasteiger partial charge is 0.350 e. The Hall–Kier alpha value is -1.75. The Morgan fingerprint density at radius 3 is 2.45 bits per heavy atom. The normalized spacial score (nSPS) is 29.5. The van der Waals surface area contributed by atoms with E-state index < -0.39 is 5.60 Å². The molecular weight excluding hydrogens is 284 g/mol. The number of ether oxygens (including phenoxy) is 3. The summed E-state index contributed by atoms with van der Waals surface area (Å²) in [4.78, 5) is 12.3. The van der Waals surface area contributed by atoms with Crippen LogP contribution in [-0.2, 0) is 20.7 Å². The van der Waals surface area contributed by atoms with Crippen LogP contribution in [0.4, 0.5) is 0 Å². The number of esters is 1. The van der Waals surface area contributed by atoms with Crippen LogP contribution in [0, 0.1) is 26.7 Å². The molecule has 1 fully saturated rings. The summed E-state index contributed by atoms with van der Waals surface area (Å²) in [6, 6.07) is 0. The highest BCUT2D eigenvalue weighted by atomic mass is 16.6. The van der Waals surface area contributed by atoms with E-state index in [-0.39, 0.29) is 18.0 Å². The lowest BCUT2D eigenvalue weighted by atomic mass is 9.77. The first-order chi connectivity index (χ1) is 10.3. The van der Waals surface area contributed by atoms with Gasteiger partial charge in [-0.2, -0.15) is 0 Å². The highest BCUT2D eigenvalue weighted by Crippen LogP contribution is 2.48. The van der Waals surface area contributed by atoms with Crippen molar-refractivity contribution in [2.24, 2.45) is 5.92 Å². The van der Waals surface area contributed by atoms with E-state index in [1.54, 1.807) is 6.92 Å². The number of fused-ring (bicyclic) bond motifs is 1. The number of hydrogen-bond acceptors (Lipinski definition) is 5. The van der Waals surface area contributed by atoms with Gasteiger partial charge in [0.05, 0.1) is 19.8 Å². The van der Waals surface area contributed by atoms with Crippen LogP contribution in [0.15, 0.2) is 0 Å². The lowest BCUT2D eigenvalue weighted by Crippen LogP contribution is -2.54. The van der Waals surface area contributed by atoms with Crippen LogP contribution in [0.25, 0.3) is 0 Å². The van der Waals surface area contributed by atoms with Crippen LogP contribution in [0.5, 0.6) is 11.5 Å². The van der Waals surface area contributed by atoms with Crippen molar-refractivity contribution < 1.29 is 24.1 Å². The second-order valence-electron chi connectivity index (χ2n) is 6.41. The molecule has 0 saturated carbocycles. The fourth-order valence-electron chi connectivity index (χ4n) is 3.42. The average molecular weight is 306 g/mol. The molecule has 2 heterocycles. The van der Waals surface area contributed by atoms with Gasteiger partial charge in [-0.3, -0.25) is 0 Å². The van der Waals surface area contributed by atoms with E-state index in [0.717, 1.165) is 22.3 Å². The van der Waals surface area contributed by atoms with Gasteiger partial charge in [0.15, 0.2) is 0 Å². The first-order valence-electron chi connectivity index (χ1n) is 7.51. The molecule has 1 aromatic rings. The van der Waals surface area contributed by atoms with E-state index in [1.807, 2.05) is 20.8 Å². The van der Waals surface area contributed by atoms with Crippen molar-refractivity contribution in [3.63, 3.8) is 0 Å². The highest BCUT2D eigenvalue weighted by Gasteiger charge is 2.55.